The third kappa shape index (κ3) is 5.12. The lowest BCUT2D eigenvalue weighted by Gasteiger charge is -2.35. The summed E-state index contributed by atoms with van der Waals surface area (Å²) >= 11 is 0. The summed E-state index contributed by atoms with van der Waals surface area (Å²) in [7, 11) is 1.08. The predicted molar refractivity (Wildman–Crippen MR) is 137 cm³/mol. The zero-order valence-corrected chi connectivity index (χ0v) is 21.1. The van der Waals surface area contributed by atoms with Gasteiger partial charge in [0.1, 0.15) is 0 Å². The predicted octanol–water partition coefficient (Wildman–Crippen LogP) is 3.91. The van der Waals surface area contributed by atoms with Crippen molar-refractivity contribution < 1.29 is 38.8 Å². The Bertz CT molecular complexity index is 1300. The van der Waals surface area contributed by atoms with Crippen molar-refractivity contribution in [2.45, 2.75) is 32.3 Å². The summed E-state index contributed by atoms with van der Waals surface area (Å²) in [6.07, 6.45) is 0.461. The second-order valence-corrected chi connectivity index (χ2v) is 9.64. The number of halogens is 1. The SMILES string of the molecule is COC(=O)N1C(=O)[C@@H]2[C@@H](CC(C)=C([C@H](O)CC/C(=C/c3ccc(O)c(F)c3)c3ccccc3)[C@@H]2CO)C1=O. The van der Waals surface area contributed by atoms with Crippen molar-refractivity contribution in [1.29, 1.82) is 0 Å². The van der Waals surface area contributed by atoms with Crippen molar-refractivity contribution in [3.05, 3.63) is 76.6 Å². The van der Waals surface area contributed by atoms with Gasteiger partial charge < -0.3 is 20.1 Å². The summed E-state index contributed by atoms with van der Waals surface area (Å²) in [5.41, 5.74) is 3.40. The number of imide groups is 3. The first-order chi connectivity index (χ1) is 18.2. The van der Waals surface area contributed by atoms with Crippen LogP contribution in [-0.4, -0.2) is 57.9 Å². The number of fused-ring (bicyclic) bond motifs is 1. The van der Waals surface area contributed by atoms with Crippen molar-refractivity contribution in [3.63, 3.8) is 0 Å². The number of rotatable bonds is 7. The molecule has 1 aliphatic heterocycles. The minimum absolute atomic E-state index is 0.180. The van der Waals surface area contributed by atoms with Gasteiger partial charge >= 0.3 is 6.09 Å². The lowest BCUT2D eigenvalue weighted by atomic mass is 9.68. The first-order valence-corrected chi connectivity index (χ1v) is 12.4. The van der Waals surface area contributed by atoms with E-state index >= 15 is 0 Å². The molecule has 0 radical (unpaired) electrons. The number of likely N-dealkylation sites (tertiary alicyclic amines) is 1. The highest BCUT2D eigenvalue weighted by Crippen LogP contribution is 2.46. The number of hydrogen-bond donors (Lipinski definition) is 3. The molecule has 1 aliphatic carbocycles. The van der Waals surface area contributed by atoms with Crippen LogP contribution in [0.1, 0.15) is 37.3 Å². The molecule has 0 saturated carbocycles. The van der Waals surface area contributed by atoms with E-state index in [1.807, 2.05) is 30.3 Å². The van der Waals surface area contributed by atoms with Crippen LogP contribution in [0.5, 0.6) is 5.75 Å². The topological polar surface area (TPSA) is 124 Å². The number of benzene rings is 2. The number of amides is 3. The van der Waals surface area contributed by atoms with Crippen molar-refractivity contribution in [3.8, 4) is 5.75 Å². The van der Waals surface area contributed by atoms with Crippen LogP contribution in [0.3, 0.4) is 0 Å². The van der Waals surface area contributed by atoms with E-state index in [4.69, 9.17) is 0 Å². The fraction of sp³-hybridized carbons (Fsp3) is 0.345. The van der Waals surface area contributed by atoms with Crippen molar-refractivity contribution in [1.82, 2.24) is 4.90 Å². The minimum atomic E-state index is -1.06. The number of phenolic OH excluding ortho intramolecular Hbond substituents is 1. The number of aliphatic hydroxyl groups is 2. The molecule has 1 saturated heterocycles. The summed E-state index contributed by atoms with van der Waals surface area (Å²) in [4.78, 5) is 38.4. The molecule has 200 valence electrons. The number of nitrogens with zero attached hydrogens (tertiary/aromatic N) is 1. The van der Waals surface area contributed by atoms with E-state index in [1.54, 1.807) is 19.1 Å². The highest BCUT2D eigenvalue weighted by molar-refractivity contribution is 6.16. The Morgan fingerprint density at radius 1 is 1.18 bits per heavy atom. The molecule has 2 aromatic rings. The van der Waals surface area contributed by atoms with Gasteiger partial charge in [0.25, 0.3) is 0 Å². The number of aromatic hydroxyl groups is 1. The van der Waals surface area contributed by atoms with Crippen molar-refractivity contribution in [2.75, 3.05) is 13.7 Å². The average molecular weight is 524 g/mol. The summed E-state index contributed by atoms with van der Waals surface area (Å²) in [6.45, 7) is 1.27. The number of carbonyl (C=O) groups excluding carboxylic acids is 3. The Morgan fingerprint density at radius 3 is 2.53 bits per heavy atom. The zero-order chi connectivity index (χ0) is 27.6. The lowest BCUT2D eigenvalue weighted by Crippen LogP contribution is -2.39. The van der Waals surface area contributed by atoms with Crippen molar-refractivity contribution in [2.24, 2.45) is 17.8 Å². The third-order valence-corrected chi connectivity index (χ3v) is 7.39. The molecule has 9 heteroatoms. The Kier molecular flexibility index (Phi) is 8.08. The number of hydrogen-bond acceptors (Lipinski definition) is 7. The highest BCUT2D eigenvalue weighted by Gasteiger charge is 2.56. The van der Waals surface area contributed by atoms with Crippen molar-refractivity contribution >= 4 is 29.6 Å². The smallest absolute Gasteiger partial charge is 0.423 e. The molecule has 3 amide bonds. The molecule has 4 rings (SSSR count). The second kappa shape index (κ2) is 11.3. The molecule has 0 aromatic heterocycles. The number of phenols is 1. The molecule has 0 spiro atoms. The fourth-order valence-electron chi connectivity index (χ4n) is 5.60. The van der Waals surface area contributed by atoms with E-state index in [9.17, 15) is 34.1 Å². The maximum atomic E-state index is 13.9. The monoisotopic (exact) mass is 523 g/mol. The van der Waals surface area contributed by atoms with Gasteiger partial charge in [-0.1, -0.05) is 48.0 Å². The van der Waals surface area contributed by atoms with Gasteiger partial charge in [-0.15, -0.1) is 0 Å². The molecule has 0 unspecified atom stereocenters. The molecule has 1 heterocycles. The number of aliphatic hydroxyl groups excluding tert-OH is 2. The van der Waals surface area contributed by atoms with E-state index in [1.165, 1.54) is 12.1 Å². The van der Waals surface area contributed by atoms with Gasteiger partial charge in [0, 0.05) is 5.92 Å². The van der Waals surface area contributed by atoms with Crippen LogP contribution >= 0.6 is 0 Å². The molecular formula is C29H30FNO7. The van der Waals surface area contributed by atoms with E-state index in [2.05, 4.69) is 4.74 Å². The molecule has 1 fully saturated rings. The number of carbonyl (C=O) groups is 3. The first kappa shape index (κ1) is 27.2. The molecule has 4 atom stereocenters. The molecule has 8 nitrogen and oxygen atoms in total. The Labute approximate surface area is 219 Å². The maximum Gasteiger partial charge on any atom is 0.423 e. The third-order valence-electron chi connectivity index (χ3n) is 7.39. The minimum Gasteiger partial charge on any atom is -0.505 e. The first-order valence-electron chi connectivity index (χ1n) is 12.4. The van der Waals surface area contributed by atoms with Gasteiger partial charge in [-0.3, -0.25) is 9.59 Å². The molecule has 38 heavy (non-hydrogen) atoms. The van der Waals surface area contributed by atoms with Gasteiger partial charge in [-0.2, -0.15) is 4.90 Å². The van der Waals surface area contributed by atoms with Crippen LogP contribution in [0.25, 0.3) is 11.6 Å². The zero-order valence-electron chi connectivity index (χ0n) is 21.1. The average Bonchev–Trinajstić information content (AvgIpc) is 3.16. The van der Waals surface area contributed by atoms with Crippen LogP contribution in [0.2, 0.25) is 0 Å². The van der Waals surface area contributed by atoms with Crippen LogP contribution < -0.4 is 0 Å². The second-order valence-electron chi connectivity index (χ2n) is 9.64. The Balaban J connectivity index is 1.60. The van der Waals surface area contributed by atoms with Gasteiger partial charge in [-0.25, -0.2) is 9.18 Å². The lowest BCUT2D eigenvalue weighted by molar-refractivity contribution is -0.137. The van der Waals surface area contributed by atoms with Crippen LogP contribution in [-0.2, 0) is 14.3 Å². The van der Waals surface area contributed by atoms with E-state index < -0.39 is 59.9 Å². The van der Waals surface area contributed by atoms with Crippen LogP contribution in [0.4, 0.5) is 9.18 Å². The van der Waals surface area contributed by atoms with Crippen LogP contribution in [0, 0.1) is 23.6 Å². The largest absolute Gasteiger partial charge is 0.505 e. The highest BCUT2D eigenvalue weighted by atomic mass is 19.1. The summed E-state index contributed by atoms with van der Waals surface area (Å²) < 4.78 is 18.5. The molecule has 2 aliphatic rings. The summed E-state index contributed by atoms with van der Waals surface area (Å²) in [5.74, 6) is -5.19. The summed E-state index contributed by atoms with van der Waals surface area (Å²) in [6, 6.07) is 13.5. The van der Waals surface area contributed by atoms with E-state index in [-0.39, 0.29) is 12.8 Å². The maximum absolute atomic E-state index is 13.9. The standard InChI is InChI=1S/C29H30FNO7/c1-16-12-20-26(28(36)31(27(20)35)29(37)38-2)21(15-32)25(16)24(34)11-9-19(18-6-4-3-5-7-18)13-17-8-10-23(33)22(30)14-17/h3-8,10,13-14,20-21,24,26,32-34H,9,11-12,15H2,1-2H3/b19-13-/t20-,21+,24-,26-/m1/s1. The van der Waals surface area contributed by atoms with Gasteiger partial charge in [-0.05, 0) is 60.6 Å². The Morgan fingerprint density at radius 2 is 1.89 bits per heavy atom. The normalized spacial score (nSPS) is 22.5. The molecule has 2 aromatic carbocycles. The number of methoxy groups -OCH3 is 1. The Hall–Kier alpha value is -3.82. The molecule has 0 bridgehead atoms. The fourth-order valence-corrected chi connectivity index (χ4v) is 5.60. The van der Waals surface area contributed by atoms with E-state index in [0.717, 1.165) is 18.2 Å². The van der Waals surface area contributed by atoms with E-state index in [0.29, 0.717) is 28.0 Å². The van der Waals surface area contributed by atoms with Gasteiger partial charge in [0.05, 0.1) is 31.7 Å². The molecular weight excluding hydrogens is 493 g/mol. The summed E-state index contributed by atoms with van der Waals surface area (Å²) in [5, 5.41) is 31.1. The quantitative estimate of drug-likeness (QED) is 0.286. The van der Waals surface area contributed by atoms with Gasteiger partial charge in [0.15, 0.2) is 11.6 Å². The molecule has 3 N–H and O–H groups in total. The number of ether oxygens (including phenoxy) is 1. The number of allylic oxidation sites excluding steroid dienone is 2. The van der Waals surface area contributed by atoms with Gasteiger partial charge in [0.2, 0.25) is 11.8 Å². The van der Waals surface area contributed by atoms with Crippen LogP contribution in [0.15, 0.2) is 59.7 Å².